The molecule has 1 heterocycles. The van der Waals surface area contributed by atoms with Gasteiger partial charge in [0.05, 0.1) is 12.9 Å². The van der Waals surface area contributed by atoms with Crippen molar-refractivity contribution in [2.45, 2.75) is 18.6 Å². The van der Waals surface area contributed by atoms with Crippen LogP contribution in [0.4, 0.5) is 5.69 Å². The highest BCUT2D eigenvalue weighted by Gasteiger charge is 2.16. The third-order valence-corrected chi connectivity index (χ3v) is 5.35. The van der Waals surface area contributed by atoms with Crippen molar-refractivity contribution < 1.29 is 9.53 Å². The predicted molar refractivity (Wildman–Crippen MR) is 118 cm³/mol. The summed E-state index contributed by atoms with van der Waals surface area (Å²) in [6, 6.07) is 13.0. The Kier molecular flexibility index (Phi) is 6.95. The van der Waals surface area contributed by atoms with Crippen molar-refractivity contribution >= 4 is 35.0 Å². The van der Waals surface area contributed by atoms with Crippen molar-refractivity contribution in [3.8, 4) is 17.1 Å². The third kappa shape index (κ3) is 5.19. The minimum absolute atomic E-state index is 0.128. The highest BCUT2D eigenvalue weighted by atomic mass is 35.5. The number of benzene rings is 2. The molecule has 0 saturated carbocycles. The number of halogens is 1. The lowest BCUT2D eigenvalue weighted by Gasteiger charge is -2.10. The molecule has 0 spiro atoms. The highest BCUT2D eigenvalue weighted by Crippen LogP contribution is 2.27. The standard InChI is InChI=1S/C21H21ClN4O2S/c1-4-10-26-20(15-6-5-7-17(12-15)28-3)24-25-21(26)29-13-19(27)23-18-9-8-16(22)11-14(18)2/h4-9,11-12H,1,10,13H2,2-3H3,(H,23,27). The number of carbonyl (C=O) groups is 1. The first-order valence-corrected chi connectivity index (χ1v) is 10.3. The molecule has 0 radical (unpaired) electrons. The molecule has 0 bridgehead atoms. The fraction of sp³-hybridized carbons (Fsp3) is 0.190. The van der Waals surface area contributed by atoms with Gasteiger partial charge in [-0.2, -0.15) is 0 Å². The predicted octanol–water partition coefficient (Wildman–Crippen LogP) is 4.83. The van der Waals surface area contributed by atoms with Gasteiger partial charge in [0, 0.05) is 22.8 Å². The Hall–Kier alpha value is -2.77. The van der Waals surface area contributed by atoms with Crippen LogP contribution in [0.5, 0.6) is 5.75 Å². The summed E-state index contributed by atoms with van der Waals surface area (Å²) >= 11 is 7.28. The molecular formula is C21H21ClN4O2S. The quantitative estimate of drug-likeness (QED) is 0.411. The van der Waals surface area contributed by atoms with Gasteiger partial charge in [0.1, 0.15) is 5.75 Å². The average molecular weight is 429 g/mol. The largest absolute Gasteiger partial charge is 0.497 e. The number of carbonyl (C=O) groups excluding carboxylic acids is 1. The van der Waals surface area contributed by atoms with Crippen molar-refractivity contribution in [2.75, 3.05) is 18.2 Å². The van der Waals surface area contributed by atoms with Gasteiger partial charge in [-0.05, 0) is 42.8 Å². The summed E-state index contributed by atoms with van der Waals surface area (Å²) < 4.78 is 7.22. The molecule has 2 aromatic carbocycles. The summed E-state index contributed by atoms with van der Waals surface area (Å²) in [6.45, 7) is 6.24. The van der Waals surface area contributed by atoms with E-state index in [0.29, 0.717) is 22.5 Å². The average Bonchev–Trinajstić information content (AvgIpc) is 3.11. The number of hydrogen-bond donors (Lipinski definition) is 1. The maximum atomic E-state index is 12.4. The first kappa shape index (κ1) is 21.0. The zero-order chi connectivity index (χ0) is 20.8. The Morgan fingerprint density at radius 2 is 2.14 bits per heavy atom. The van der Waals surface area contributed by atoms with Crippen LogP contribution >= 0.6 is 23.4 Å². The normalized spacial score (nSPS) is 10.6. The molecule has 3 aromatic rings. The molecule has 0 aliphatic carbocycles. The minimum Gasteiger partial charge on any atom is -0.497 e. The van der Waals surface area contributed by atoms with E-state index in [4.69, 9.17) is 16.3 Å². The lowest BCUT2D eigenvalue weighted by molar-refractivity contribution is -0.113. The molecule has 1 N–H and O–H groups in total. The number of anilines is 1. The van der Waals surface area contributed by atoms with Crippen molar-refractivity contribution in [3.63, 3.8) is 0 Å². The van der Waals surface area contributed by atoms with Crippen LogP contribution in [0.25, 0.3) is 11.4 Å². The number of hydrogen-bond acceptors (Lipinski definition) is 5. The van der Waals surface area contributed by atoms with E-state index in [2.05, 4.69) is 22.1 Å². The molecule has 6 nitrogen and oxygen atoms in total. The maximum Gasteiger partial charge on any atom is 0.234 e. The topological polar surface area (TPSA) is 69.0 Å². The number of methoxy groups -OCH3 is 1. The molecule has 8 heteroatoms. The van der Waals surface area contributed by atoms with Gasteiger partial charge < -0.3 is 10.1 Å². The monoisotopic (exact) mass is 428 g/mol. The summed E-state index contributed by atoms with van der Waals surface area (Å²) in [7, 11) is 1.62. The second-order valence-electron chi connectivity index (χ2n) is 6.23. The number of rotatable bonds is 8. The van der Waals surface area contributed by atoms with Crippen molar-refractivity contribution in [1.82, 2.24) is 14.8 Å². The summed E-state index contributed by atoms with van der Waals surface area (Å²) in [5, 5.41) is 12.8. The number of aryl methyl sites for hydroxylation is 1. The third-order valence-electron chi connectivity index (χ3n) is 4.15. The fourth-order valence-corrected chi connectivity index (χ4v) is 3.72. The van der Waals surface area contributed by atoms with Crippen molar-refractivity contribution in [3.05, 3.63) is 65.7 Å². The molecule has 0 aliphatic heterocycles. The molecule has 0 unspecified atom stereocenters. The lowest BCUT2D eigenvalue weighted by atomic mass is 10.2. The van der Waals surface area contributed by atoms with Gasteiger partial charge >= 0.3 is 0 Å². The maximum absolute atomic E-state index is 12.4. The van der Waals surface area contributed by atoms with Crippen molar-refractivity contribution in [1.29, 1.82) is 0 Å². The van der Waals surface area contributed by atoms with E-state index in [1.165, 1.54) is 11.8 Å². The summed E-state index contributed by atoms with van der Waals surface area (Å²) in [4.78, 5) is 12.4. The zero-order valence-corrected chi connectivity index (χ0v) is 17.8. The van der Waals surface area contributed by atoms with Crippen LogP contribution in [-0.4, -0.2) is 33.5 Å². The van der Waals surface area contributed by atoms with Gasteiger partial charge in [-0.15, -0.1) is 16.8 Å². The molecular weight excluding hydrogens is 408 g/mol. The number of ether oxygens (including phenoxy) is 1. The summed E-state index contributed by atoms with van der Waals surface area (Å²) in [5.74, 6) is 1.51. The summed E-state index contributed by atoms with van der Waals surface area (Å²) in [6.07, 6.45) is 1.77. The van der Waals surface area contributed by atoms with E-state index < -0.39 is 0 Å². The zero-order valence-electron chi connectivity index (χ0n) is 16.2. The van der Waals surface area contributed by atoms with E-state index in [9.17, 15) is 4.79 Å². The number of amides is 1. The van der Waals surface area contributed by atoms with E-state index in [-0.39, 0.29) is 11.7 Å². The Balaban J connectivity index is 1.74. The molecule has 0 fully saturated rings. The first-order chi connectivity index (χ1) is 14.0. The molecule has 3 rings (SSSR count). The van der Waals surface area contributed by atoms with Crippen LogP contribution in [-0.2, 0) is 11.3 Å². The number of aromatic nitrogens is 3. The van der Waals surface area contributed by atoms with E-state index >= 15 is 0 Å². The van der Waals surface area contributed by atoms with Gasteiger partial charge in [-0.25, -0.2) is 0 Å². The second kappa shape index (κ2) is 9.62. The number of thioether (sulfide) groups is 1. The van der Waals surface area contributed by atoms with Crippen LogP contribution in [0.15, 0.2) is 60.3 Å². The Labute approximate surface area is 178 Å². The van der Waals surface area contributed by atoms with Crippen LogP contribution < -0.4 is 10.1 Å². The molecule has 0 aliphatic rings. The molecule has 0 saturated heterocycles. The fourth-order valence-electron chi connectivity index (χ4n) is 2.75. The van der Waals surface area contributed by atoms with E-state index in [1.54, 1.807) is 25.3 Å². The van der Waals surface area contributed by atoms with Crippen LogP contribution in [0.2, 0.25) is 5.02 Å². The number of allylic oxidation sites excluding steroid dienone is 1. The van der Waals surface area contributed by atoms with Crippen molar-refractivity contribution in [2.24, 2.45) is 0 Å². The second-order valence-corrected chi connectivity index (χ2v) is 7.61. The molecule has 150 valence electrons. The van der Waals surface area contributed by atoms with E-state index in [1.807, 2.05) is 41.8 Å². The van der Waals surface area contributed by atoms with Crippen LogP contribution in [0, 0.1) is 6.92 Å². The Bertz CT molecular complexity index is 1040. The number of nitrogens with one attached hydrogen (secondary N) is 1. The minimum atomic E-state index is -0.128. The SMILES string of the molecule is C=CCn1c(SCC(=O)Nc2ccc(Cl)cc2C)nnc1-c1cccc(OC)c1. The Morgan fingerprint density at radius 1 is 1.31 bits per heavy atom. The van der Waals surface area contributed by atoms with Gasteiger partial charge in [-0.3, -0.25) is 9.36 Å². The van der Waals surface area contributed by atoms with E-state index in [0.717, 1.165) is 22.6 Å². The van der Waals surface area contributed by atoms with Gasteiger partial charge in [0.25, 0.3) is 0 Å². The molecule has 1 aromatic heterocycles. The van der Waals surface area contributed by atoms with Gasteiger partial charge in [0.2, 0.25) is 5.91 Å². The lowest BCUT2D eigenvalue weighted by Crippen LogP contribution is -2.15. The highest BCUT2D eigenvalue weighted by molar-refractivity contribution is 7.99. The first-order valence-electron chi connectivity index (χ1n) is 8.89. The Morgan fingerprint density at radius 3 is 2.86 bits per heavy atom. The molecule has 29 heavy (non-hydrogen) atoms. The van der Waals surface area contributed by atoms with Crippen LogP contribution in [0.1, 0.15) is 5.56 Å². The number of nitrogens with zero attached hydrogens (tertiary/aromatic N) is 3. The summed E-state index contributed by atoms with van der Waals surface area (Å²) in [5.41, 5.74) is 2.53. The van der Waals surface area contributed by atoms with Gasteiger partial charge in [-0.1, -0.05) is 41.6 Å². The smallest absolute Gasteiger partial charge is 0.234 e. The van der Waals surface area contributed by atoms with Crippen LogP contribution in [0.3, 0.4) is 0 Å². The molecule has 0 atom stereocenters. The molecule has 1 amide bonds. The van der Waals surface area contributed by atoms with Gasteiger partial charge in [0.15, 0.2) is 11.0 Å².